The van der Waals surface area contributed by atoms with E-state index in [1.807, 2.05) is 11.9 Å². The Kier molecular flexibility index (Phi) is 5.04. The van der Waals surface area contributed by atoms with Gasteiger partial charge in [0.25, 0.3) is 5.91 Å². The van der Waals surface area contributed by atoms with Crippen LogP contribution in [0.2, 0.25) is 0 Å². The van der Waals surface area contributed by atoms with Gasteiger partial charge in [0, 0.05) is 63.5 Å². The van der Waals surface area contributed by atoms with Crippen LogP contribution in [0.3, 0.4) is 0 Å². The molecule has 2 aromatic rings. The zero-order chi connectivity index (χ0) is 17.9. The van der Waals surface area contributed by atoms with Crippen molar-refractivity contribution < 1.29 is 4.79 Å². The van der Waals surface area contributed by atoms with Crippen LogP contribution in [0.1, 0.15) is 40.2 Å². The highest BCUT2D eigenvalue weighted by Gasteiger charge is 2.29. The summed E-state index contributed by atoms with van der Waals surface area (Å²) < 4.78 is 0. The highest BCUT2D eigenvalue weighted by Crippen LogP contribution is 2.22. The minimum Gasteiger partial charge on any atom is -0.337 e. The van der Waals surface area contributed by atoms with Crippen molar-refractivity contribution in [1.82, 2.24) is 25.3 Å². The summed E-state index contributed by atoms with van der Waals surface area (Å²) in [5.74, 6) is 0.0488. The summed E-state index contributed by atoms with van der Waals surface area (Å²) >= 11 is 0. The van der Waals surface area contributed by atoms with Crippen LogP contribution in [-0.2, 0) is 19.5 Å². The van der Waals surface area contributed by atoms with Crippen molar-refractivity contribution in [3.8, 4) is 0 Å². The zero-order valence-corrected chi connectivity index (χ0v) is 15.4. The first-order valence-electron chi connectivity index (χ1n) is 9.52. The van der Waals surface area contributed by atoms with E-state index >= 15 is 0 Å². The van der Waals surface area contributed by atoms with Crippen LogP contribution in [0.4, 0.5) is 0 Å². The maximum atomic E-state index is 13.0. The Bertz CT molecular complexity index is 749. The Morgan fingerprint density at radius 2 is 2.04 bits per heavy atom. The number of hydrogen-bond acceptors (Lipinski definition) is 4. The molecule has 2 aliphatic rings. The van der Waals surface area contributed by atoms with Crippen LogP contribution in [-0.4, -0.2) is 58.6 Å². The maximum Gasteiger partial charge on any atom is 0.274 e. The molecule has 138 valence electrons. The summed E-state index contributed by atoms with van der Waals surface area (Å²) in [7, 11) is 1.93. The molecule has 0 bridgehead atoms. The molecule has 4 rings (SSSR count). The standard InChI is InChI=1S/C20H27N5O/c1-24(20(26)19-17-13-21-10-7-18(17)22-23-19)16-8-11-25(12-9-16)14-15-5-3-2-4-6-15/h2-6,16,21H,7-14H2,1H3,(H,22,23). The number of nitrogens with zero attached hydrogens (tertiary/aromatic N) is 3. The minimum atomic E-state index is 0.0488. The van der Waals surface area contributed by atoms with Gasteiger partial charge in [0.05, 0.1) is 0 Å². The van der Waals surface area contributed by atoms with Gasteiger partial charge in [-0.25, -0.2) is 0 Å². The second-order valence-corrected chi connectivity index (χ2v) is 7.37. The van der Waals surface area contributed by atoms with Crippen molar-refractivity contribution in [3.05, 3.63) is 52.8 Å². The van der Waals surface area contributed by atoms with Crippen LogP contribution in [0.15, 0.2) is 30.3 Å². The van der Waals surface area contributed by atoms with Crippen LogP contribution in [0.25, 0.3) is 0 Å². The average Bonchev–Trinajstić information content (AvgIpc) is 3.12. The number of carbonyl (C=O) groups excluding carboxylic acids is 1. The molecule has 6 nitrogen and oxygen atoms in total. The van der Waals surface area contributed by atoms with Gasteiger partial charge in [0.2, 0.25) is 0 Å². The summed E-state index contributed by atoms with van der Waals surface area (Å²) in [6, 6.07) is 10.9. The van der Waals surface area contributed by atoms with E-state index in [1.54, 1.807) is 0 Å². The molecule has 2 N–H and O–H groups in total. The molecule has 3 heterocycles. The van der Waals surface area contributed by atoms with Gasteiger partial charge in [-0.3, -0.25) is 14.8 Å². The van der Waals surface area contributed by atoms with E-state index in [0.29, 0.717) is 11.7 Å². The summed E-state index contributed by atoms with van der Waals surface area (Å²) in [4.78, 5) is 17.3. The lowest BCUT2D eigenvalue weighted by Crippen LogP contribution is -2.45. The Hall–Kier alpha value is -2.18. The largest absolute Gasteiger partial charge is 0.337 e. The van der Waals surface area contributed by atoms with E-state index in [2.05, 4.69) is 50.7 Å². The summed E-state index contributed by atoms with van der Waals surface area (Å²) in [5.41, 5.74) is 4.11. The summed E-state index contributed by atoms with van der Waals surface area (Å²) in [5, 5.41) is 10.7. The van der Waals surface area contributed by atoms with Crippen LogP contribution >= 0.6 is 0 Å². The monoisotopic (exact) mass is 353 g/mol. The van der Waals surface area contributed by atoms with Gasteiger partial charge in [-0.15, -0.1) is 0 Å². The lowest BCUT2D eigenvalue weighted by molar-refractivity contribution is 0.0629. The first-order chi connectivity index (χ1) is 12.7. The molecule has 0 unspecified atom stereocenters. The van der Waals surface area contributed by atoms with Crippen LogP contribution < -0.4 is 5.32 Å². The van der Waals surface area contributed by atoms with E-state index in [4.69, 9.17) is 0 Å². The molecule has 0 atom stereocenters. The van der Waals surface area contributed by atoms with Crippen LogP contribution in [0, 0.1) is 0 Å². The molecule has 6 heteroatoms. The van der Waals surface area contributed by atoms with E-state index in [9.17, 15) is 4.79 Å². The molecule has 2 aliphatic heterocycles. The fraction of sp³-hybridized carbons (Fsp3) is 0.500. The minimum absolute atomic E-state index is 0.0488. The van der Waals surface area contributed by atoms with E-state index in [-0.39, 0.29) is 5.91 Å². The molecule has 0 aliphatic carbocycles. The molecule has 0 saturated carbocycles. The number of piperidine rings is 1. The maximum absolute atomic E-state index is 13.0. The number of amides is 1. The lowest BCUT2D eigenvalue weighted by Gasteiger charge is -2.36. The number of aromatic nitrogens is 2. The SMILES string of the molecule is CN(C(=O)c1n[nH]c2c1CNCC2)C1CCN(Cc2ccccc2)CC1. The highest BCUT2D eigenvalue weighted by molar-refractivity contribution is 5.94. The number of nitrogens with one attached hydrogen (secondary N) is 2. The molecule has 0 radical (unpaired) electrons. The van der Waals surface area contributed by atoms with E-state index in [1.165, 1.54) is 5.56 Å². The Balaban J connectivity index is 1.35. The van der Waals surface area contributed by atoms with Crippen LogP contribution in [0.5, 0.6) is 0 Å². The fourth-order valence-electron chi connectivity index (χ4n) is 4.04. The number of aromatic amines is 1. The van der Waals surface area contributed by atoms with Gasteiger partial charge in [-0.2, -0.15) is 5.10 Å². The number of benzene rings is 1. The van der Waals surface area contributed by atoms with Crippen molar-refractivity contribution in [2.45, 2.75) is 38.4 Å². The van der Waals surface area contributed by atoms with Gasteiger partial charge in [-0.05, 0) is 18.4 Å². The van der Waals surface area contributed by atoms with Crippen molar-refractivity contribution in [2.24, 2.45) is 0 Å². The van der Waals surface area contributed by atoms with Gasteiger partial charge in [0.15, 0.2) is 5.69 Å². The first kappa shape index (κ1) is 17.2. The predicted octanol–water partition coefficient (Wildman–Crippen LogP) is 1.79. The number of rotatable bonds is 4. The predicted molar refractivity (Wildman–Crippen MR) is 101 cm³/mol. The number of carbonyl (C=O) groups is 1. The highest BCUT2D eigenvalue weighted by atomic mass is 16.2. The fourth-order valence-corrected chi connectivity index (χ4v) is 4.04. The second kappa shape index (κ2) is 7.60. The number of hydrogen-bond donors (Lipinski definition) is 2. The molecule has 1 fully saturated rings. The number of H-pyrrole nitrogens is 1. The topological polar surface area (TPSA) is 64.3 Å². The quantitative estimate of drug-likeness (QED) is 0.880. The Labute approximate surface area is 154 Å². The third kappa shape index (κ3) is 3.52. The molecule has 1 aromatic carbocycles. The summed E-state index contributed by atoms with van der Waals surface area (Å²) in [6.45, 7) is 4.72. The summed E-state index contributed by atoms with van der Waals surface area (Å²) in [6.07, 6.45) is 2.94. The smallest absolute Gasteiger partial charge is 0.274 e. The number of likely N-dealkylation sites (tertiary alicyclic amines) is 1. The lowest BCUT2D eigenvalue weighted by atomic mass is 10.0. The molecule has 1 aromatic heterocycles. The van der Waals surface area contributed by atoms with E-state index < -0.39 is 0 Å². The van der Waals surface area contributed by atoms with E-state index in [0.717, 1.165) is 63.2 Å². The molecular weight excluding hydrogens is 326 g/mol. The zero-order valence-electron chi connectivity index (χ0n) is 15.4. The van der Waals surface area contributed by atoms with Gasteiger partial charge >= 0.3 is 0 Å². The Morgan fingerprint density at radius 3 is 2.81 bits per heavy atom. The molecule has 26 heavy (non-hydrogen) atoms. The van der Waals surface area contributed by atoms with Crippen molar-refractivity contribution in [2.75, 3.05) is 26.7 Å². The van der Waals surface area contributed by atoms with Gasteiger partial charge in [-0.1, -0.05) is 30.3 Å². The van der Waals surface area contributed by atoms with Gasteiger partial charge in [0.1, 0.15) is 0 Å². The van der Waals surface area contributed by atoms with Crippen molar-refractivity contribution in [3.63, 3.8) is 0 Å². The third-order valence-corrected chi connectivity index (χ3v) is 5.68. The normalized spacial score (nSPS) is 18.5. The van der Waals surface area contributed by atoms with Gasteiger partial charge < -0.3 is 10.2 Å². The second-order valence-electron chi connectivity index (χ2n) is 7.37. The molecular formula is C20H27N5O. The Morgan fingerprint density at radius 1 is 1.27 bits per heavy atom. The molecule has 0 spiro atoms. The first-order valence-corrected chi connectivity index (χ1v) is 9.52. The van der Waals surface area contributed by atoms with Crippen molar-refractivity contribution in [1.29, 1.82) is 0 Å². The number of fused-ring (bicyclic) bond motifs is 1. The average molecular weight is 353 g/mol. The van der Waals surface area contributed by atoms with Crippen molar-refractivity contribution >= 4 is 5.91 Å². The third-order valence-electron chi connectivity index (χ3n) is 5.68. The molecule has 1 saturated heterocycles. The molecule has 1 amide bonds.